The largest absolute Gasteiger partial charge is 0.457 e. The molecule has 230 valence electrons. The minimum Gasteiger partial charge on any atom is -0.457 e. The molecule has 2 aliphatic heterocycles. The average molecular weight is 631 g/mol. The molecule has 0 spiro atoms. The van der Waals surface area contributed by atoms with Gasteiger partial charge in [0.1, 0.15) is 11.5 Å². The fourth-order valence-electron chi connectivity index (χ4n) is 8.39. The monoisotopic (exact) mass is 630 g/mol. The number of rotatable bonds is 2. The van der Waals surface area contributed by atoms with Crippen LogP contribution in [0.4, 0.5) is 0 Å². The maximum Gasteiger partial charge on any atom is 0.207 e. The summed E-state index contributed by atoms with van der Waals surface area (Å²) < 4.78 is 33.2. The quantitative estimate of drug-likeness (QED) is 0.191. The summed E-state index contributed by atoms with van der Waals surface area (Å²) in [6, 6.07) is 43.8. The molecular formula is C43H34O3S. The Kier molecular flexibility index (Phi) is 5.75. The van der Waals surface area contributed by atoms with Crippen molar-refractivity contribution < 1.29 is 13.2 Å². The van der Waals surface area contributed by atoms with E-state index in [1.807, 2.05) is 24.3 Å². The van der Waals surface area contributed by atoms with E-state index >= 15 is 0 Å². The fourth-order valence-corrected chi connectivity index (χ4v) is 10.1. The maximum atomic E-state index is 13.2. The number of hydrogen-bond donors (Lipinski definition) is 0. The first kappa shape index (κ1) is 28.3. The number of ether oxygens (including phenoxy) is 1. The lowest BCUT2D eigenvalue weighted by Gasteiger charge is -2.40. The molecule has 0 radical (unpaired) electrons. The molecule has 0 fully saturated rings. The Bertz CT molecular complexity index is 2370. The Labute approximate surface area is 276 Å². The van der Waals surface area contributed by atoms with E-state index in [0.717, 1.165) is 39.3 Å². The SMILES string of the molecule is CC1(C)c2ccc(-c3ccc4c(c3)-c3ccccc3S4(=O)=O)cc2Oc2cc(C3c4ccccc4C(C)(C)c4ccccc43)ccc21. The Morgan fingerprint density at radius 2 is 1.04 bits per heavy atom. The van der Waals surface area contributed by atoms with E-state index in [1.54, 1.807) is 18.2 Å². The van der Waals surface area contributed by atoms with Crippen molar-refractivity contribution in [3.63, 3.8) is 0 Å². The van der Waals surface area contributed by atoms with Gasteiger partial charge in [0.05, 0.1) is 9.79 Å². The Morgan fingerprint density at radius 3 is 1.77 bits per heavy atom. The van der Waals surface area contributed by atoms with Crippen molar-refractivity contribution in [3.8, 4) is 33.8 Å². The van der Waals surface area contributed by atoms with Crippen molar-refractivity contribution in [1.82, 2.24) is 0 Å². The molecule has 3 nitrogen and oxygen atoms in total. The van der Waals surface area contributed by atoms with Gasteiger partial charge in [-0.15, -0.1) is 0 Å². The van der Waals surface area contributed by atoms with Crippen molar-refractivity contribution in [2.45, 2.75) is 54.2 Å². The molecule has 2 heterocycles. The van der Waals surface area contributed by atoms with Crippen LogP contribution in [0.15, 0.2) is 137 Å². The second-order valence-corrected chi connectivity index (χ2v) is 16.0. The first-order valence-corrected chi connectivity index (χ1v) is 17.7. The van der Waals surface area contributed by atoms with E-state index in [9.17, 15) is 8.42 Å². The zero-order chi connectivity index (χ0) is 32.3. The predicted molar refractivity (Wildman–Crippen MR) is 187 cm³/mol. The number of sulfone groups is 1. The average Bonchev–Trinajstić information content (AvgIpc) is 3.30. The topological polar surface area (TPSA) is 43.4 Å². The smallest absolute Gasteiger partial charge is 0.207 e. The maximum absolute atomic E-state index is 13.2. The predicted octanol–water partition coefficient (Wildman–Crippen LogP) is 10.4. The van der Waals surface area contributed by atoms with Crippen LogP contribution in [0.5, 0.6) is 11.5 Å². The number of fused-ring (bicyclic) bond motifs is 7. The lowest BCUT2D eigenvalue weighted by molar-refractivity contribution is 0.417. The van der Waals surface area contributed by atoms with Gasteiger partial charge in [0.15, 0.2) is 0 Å². The highest BCUT2D eigenvalue weighted by atomic mass is 32.2. The lowest BCUT2D eigenvalue weighted by Crippen LogP contribution is -2.30. The van der Waals surface area contributed by atoms with E-state index < -0.39 is 9.84 Å². The van der Waals surface area contributed by atoms with Gasteiger partial charge in [-0.05, 0) is 69.3 Å². The second-order valence-electron chi connectivity index (χ2n) is 14.1. The molecule has 0 saturated carbocycles. The van der Waals surface area contributed by atoms with Crippen LogP contribution in [0.1, 0.15) is 72.6 Å². The van der Waals surface area contributed by atoms with Gasteiger partial charge in [-0.2, -0.15) is 0 Å². The van der Waals surface area contributed by atoms with Crippen LogP contribution >= 0.6 is 0 Å². The highest BCUT2D eigenvalue weighted by Crippen LogP contribution is 2.53. The van der Waals surface area contributed by atoms with Gasteiger partial charge in [-0.1, -0.05) is 125 Å². The van der Waals surface area contributed by atoms with E-state index in [1.165, 1.54) is 33.4 Å². The summed E-state index contributed by atoms with van der Waals surface area (Å²) in [7, 11) is -3.51. The summed E-state index contributed by atoms with van der Waals surface area (Å²) in [6.45, 7) is 9.17. The van der Waals surface area contributed by atoms with Crippen molar-refractivity contribution >= 4 is 9.84 Å². The molecule has 0 unspecified atom stereocenters. The van der Waals surface area contributed by atoms with Gasteiger partial charge in [-0.25, -0.2) is 8.42 Å². The van der Waals surface area contributed by atoms with Crippen molar-refractivity contribution in [1.29, 1.82) is 0 Å². The molecule has 0 bridgehead atoms. The molecule has 0 saturated heterocycles. The van der Waals surface area contributed by atoms with E-state index in [0.29, 0.717) is 9.79 Å². The third-order valence-electron chi connectivity index (χ3n) is 10.8. The first-order chi connectivity index (χ1) is 22.6. The molecule has 0 amide bonds. The molecule has 47 heavy (non-hydrogen) atoms. The number of hydrogen-bond acceptors (Lipinski definition) is 3. The van der Waals surface area contributed by atoms with Crippen LogP contribution < -0.4 is 4.74 Å². The van der Waals surface area contributed by atoms with Gasteiger partial charge in [0.2, 0.25) is 9.84 Å². The Morgan fingerprint density at radius 1 is 0.511 bits per heavy atom. The first-order valence-electron chi connectivity index (χ1n) is 16.2. The van der Waals surface area contributed by atoms with Gasteiger partial charge >= 0.3 is 0 Å². The highest BCUT2D eigenvalue weighted by molar-refractivity contribution is 7.92. The van der Waals surface area contributed by atoms with Crippen molar-refractivity contribution in [2.24, 2.45) is 0 Å². The van der Waals surface area contributed by atoms with Gasteiger partial charge in [0, 0.05) is 39.0 Å². The van der Waals surface area contributed by atoms with Crippen molar-refractivity contribution in [3.05, 3.63) is 166 Å². The third kappa shape index (κ3) is 3.88. The standard InChI is InChI=1S/C43H34O3S/c1-42(2)33-14-8-5-12-30(33)41(31-13-6-9-15-34(31)42)28-18-21-36-38(25-28)46-37-24-27(17-20-35(37)43(36,3)4)26-19-22-40-32(23-26)29-11-7-10-16-39(29)47(40,44)45/h5-25,41H,1-4H3. The van der Waals surface area contributed by atoms with Gasteiger partial charge in [0.25, 0.3) is 0 Å². The van der Waals surface area contributed by atoms with Crippen LogP contribution in [0, 0.1) is 0 Å². The van der Waals surface area contributed by atoms with E-state index in [-0.39, 0.29) is 16.7 Å². The zero-order valence-corrected chi connectivity index (χ0v) is 27.7. The van der Waals surface area contributed by atoms with Crippen LogP contribution in [0.3, 0.4) is 0 Å². The summed E-state index contributed by atoms with van der Waals surface area (Å²) in [5, 5.41) is 0. The molecule has 4 heteroatoms. The molecule has 0 aromatic heterocycles. The Hall–Kier alpha value is -4.93. The third-order valence-corrected chi connectivity index (χ3v) is 12.7. The normalized spacial score (nSPS) is 17.3. The summed E-state index contributed by atoms with van der Waals surface area (Å²) in [4.78, 5) is 0.746. The number of benzene rings is 6. The highest BCUT2D eigenvalue weighted by Gasteiger charge is 2.40. The van der Waals surface area contributed by atoms with Crippen molar-refractivity contribution in [2.75, 3.05) is 0 Å². The minimum absolute atomic E-state index is 0.0877. The van der Waals surface area contributed by atoms with Crippen LogP contribution in [-0.4, -0.2) is 8.42 Å². The molecule has 6 aromatic carbocycles. The summed E-state index contributed by atoms with van der Waals surface area (Å²) in [6.07, 6.45) is 0. The fraction of sp³-hybridized carbons (Fsp3) is 0.163. The van der Waals surface area contributed by atoms with Crippen LogP contribution in [-0.2, 0) is 20.7 Å². The molecule has 9 rings (SSSR count). The zero-order valence-electron chi connectivity index (χ0n) is 26.8. The lowest BCUT2D eigenvalue weighted by atomic mass is 9.63. The molecule has 6 aromatic rings. The summed E-state index contributed by atoms with van der Waals surface area (Å²) >= 11 is 0. The molecule has 0 atom stereocenters. The van der Waals surface area contributed by atoms with Crippen LogP contribution in [0.25, 0.3) is 22.3 Å². The second kappa shape index (κ2) is 9.56. The molecule has 3 aliphatic rings. The molecular weight excluding hydrogens is 597 g/mol. The van der Waals surface area contributed by atoms with E-state index in [2.05, 4.69) is 113 Å². The minimum atomic E-state index is -3.51. The molecule has 1 aliphatic carbocycles. The van der Waals surface area contributed by atoms with E-state index in [4.69, 9.17) is 4.74 Å². The summed E-state index contributed by atoms with van der Waals surface area (Å²) in [5.41, 5.74) is 12.0. The Balaban J connectivity index is 1.14. The van der Waals surface area contributed by atoms with Gasteiger partial charge < -0.3 is 4.74 Å². The summed E-state index contributed by atoms with van der Waals surface area (Å²) in [5.74, 6) is 1.81. The van der Waals surface area contributed by atoms with Crippen LogP contribution in [0.2, 0.25) is 0 Å². The molecule has 0 N–H and O–H groups in total. The van der Waals surface area contributed by atoms with Gasteiger partial charge in [-0.3, -0.25) is 0 Å².